The zero-order valence-corrected chi connectivity index (χ0v) is 24.2. The highest BCUT2D eigenvalue weighted by Crippen LogP contribution is 2.71. The van der Waals surface area contributed by atoms with Crippen molar-refractivity contribution in [1.82, 2.24) is 4.90 Å². The van der Waals surface area contributed by atoms with E-state index in [4.69, 9.17) is 21.4 Å². The molecule has 1 spiro atoms. The van der Waals surface area contributed by atoms with Gasteiger partial charge in [-0.15, -0.1) is 24.9 Å². The molecule has 9 heteroatoms. The second kappa shape index (κ2) is 12.5. The summed E-state index contributed by atoms with van der Waals surface area (Å²) in [7, 11) is 0. The first-order valence-corrected chi connectivity index (χ1v) is 15.0. The van der Waals surface area contributed by atoms with Crippen LogP contribution in [0.5, 0.6) is 0 Å². The summed E-state index contributed by atoms with van der Waals surface area (Å²) in [6.07, 6.45) is 8.39. The number of rotatable bonds is 14. The molecule has 2 bridgehead atoms. The first-order chi connectivity index (χ1) is 18.8. The first kappa shape index (κ1) is 29.7. The number of esters is 1. The SMILES string of the molecule is C=CCCOC(=O)[C@@H]1[C@H]2C(=O)N(CCCCCCO)C(C(=O)N(CC=C)c3ccccc3Cl)C23CC[C@@]1(C)S3. The third-order valence-corrected chi connectivity index (χ3v) is 10.7. The van der Waals surface area contributed by atoms with E-state index in [9.17, 15) is 14.4 Å². The molecule has 1 aromatic carbocycles. The fourth-order valence-electron chi connectivity index (χ4n) is 6.64. The highest BCUT2D eigenvalue weighted by Gasteiger charge is 2.77. The maximum absolute atomic E-state index is 14.5. The Morgan fingerprint density at radius 1 is 1.21 bits per heavy atom. The predicted octanol–water partition coefficient (Wildman–Crippen LogP) is 5.01. The molecule has 3 heterocycles. The number of anilines is 1. The highest BCUT2D eigenvalue weighted by atomic mass is 35.5. The number of hydrogen-bond donors (Lipinski definition) is 1. The predicted molar refractivity (Wildman–Crippen MR) is 156 cm³/mol. The van der Waals surface area contributed by atoms with Gasteiger partial charge < -0.3 is 19.6 Å². The maximum Gasteiger partial charge on any atom is 0.311 e. The molecule has 3 aliphatic heterocycles. The fraction of sp³-hybridized carbons (Fsp3) is 0.567. The van der Waals surface area contributed by atoms with Gasteiger partial charge in [0.05, 0.1) is 33.9 Å². The lowest BCUT2D eigenvalue weighted by molar-refractivity contribution is -0.155. The second-order valence-electron chi connectivity index (χ2n) is 10.8. The Balaban J connectivity index is 1.72. The van der Waals surface area contributed by atoms with Crippen molar-refractivity contribution in [2.45, 2.75) is 67.4 Å². The number of carbonyl (C=O) groups is 3. The Morgan fingerprint density at radius 2 is 1.95 bits per heavy atom. The van der Waals surface area contributed by atoms with Crippen molar-refractivity contribution in [2.24, 2.45) is 11.8 Å². The minimum absolute atomic E-state index is 0.133. The number of unbranched alkanes of at least 4 members (excludes halogenated alkanes) is 3. The highest BCUT2D eigenvalue weighted by molar-refractivity contribution is 8.02. The van der Waals surface area contributed by atoms with Crippen LogP contribution in [0.4, 0.5) is 5.69 Å². The van der Waals surface area contributed by atoms with Crippen molar-refractivity contribution in [1.29, 1.82) is 0 Å². The molecule has 0 aromatic heterocycles. The lowest BCUT2D eigenvalue weighted by atomic mass is 9.66. The number of amides is 2. The molecule has 2 unspecified atom stereocenters. The summed E-state index contributed by atoms with van der Waals surface area (Å²) in [6, 6.07) is 6.45. The molecule has 0 radical (unpaired) electrons. The molecule has 39 heavy (non-hydrogen) atoms. The van der Waals surface area contributed by atoms with E-state index < -0.39 is 27.4 Å². The van der Waals surface area contributed by atoms with Crippen molar-refractivity contribution in [3.8, 4) is 0 Å². The largest absolute Gasteiger partial charge is 0.465 e. The topological polar surface area (TPSA) is 87.1 Å². The molecular formula is C30H39ClN2O5S. The summed E-state index contributed by atoms with van der Waals surface area (Å²) >= 11 is 8.17. The second-order valence-corrected chi connectivity index (χ2v) is 13.1. The Bertz CT molecular complexity index is 1110. The average Bonchev–Trinajstić information content (AvgIpc) is 3.48. The number of carbonyl (C=O) groups excluding carboxylic acids is 3. The van der Waals surface area contributed by atoms with E-state index in [0.717, 1.165) is 19.3 Å². The van der Waals surface area contributed by atoms with Gasteiger partial charge in [-0.05, 0) is 51.2 Å². The van der Waals surface area contributed by atoms with E-state index in [1.54, 1.807) is 45.8 Å². The number of thioether (sulfide) groups is 1. The third kappa shape index (κ3) is 5.40. The van der Waals surface area contributed by atoms with Crippen LogP contribution < -0.4 is 4.90 Å². The van der Waals surface area contributed by atoms with Crippen molar-refractivity contribution in [3.05, 3.63) is 54.6 Å². The zero-order valence-electron chi connectivity index (χ0n) is 22.6. The van der Waals surface area contributed by atoms with Gasteiger partial charge in [0, 0.05) is 24.4 Å². The molecule has 4 rings (SSSR count). The third-order valence-electron chi connectivity index (χ3n) is 8.36. The van der Waals surface area contributed by atoms with E-state index >= 15 is 0 Å². The Kier molecular flexibility index (Phi) is 9.50. The number of likely N-dealkylation sites (tertiary alicyclic amines) is 1. The number of nitrogens with zero attached hydrogens (tertiary/aromatic N) is 2. The molecule has 212 valence electrons. The van der Waals surface area contributed by atoms with Gasteiger partial charge in [-0.2, -0.15) is 0 Å². The van der Waals surface area contributed by atoms with Crippen LogP contribution in [0.2, 0.25) is 5.02 Å². The molecule has 7 nitrogen and oxygen atoms in total. The van der Waals surface area contributed by atoms with Gasteiger partial charge in [0.2, 0.25) is 5.91 Å². The van der Waals surface area contributed by atoms with Gasteiger partial charge >= 0.3 is 5.97 Å². The molecule has 5 atom stereocenters. The summed E-state index contributed by atoms with van der Waals surface area (Å²) in [5.41, 5.74) is 0.573. The van der Waals surface area contributed by atoms with Crippen LogP contribution in [-0.4, -0.2) is 69.6 Å². The maximum atomic E-state index is 14.5. The van der Waals surface area contributed by atoms with Crippen molar-refractivity contribution in [2.75, 3.05) is 31.2 Å². The van der Waals surface area contributed by atoms with Crippen LogP contribution in [0.15, 0.2) is 49.6 Å². The minimum atomic E-state index is -0.734. The van der Waals surface area contributed by atoms with Crippen LogP contribution in [-0.2, 0) is 19.1 Å². The Labute approximate surface area is 240 Å². The van der Waals surface area contributed by atoms with Crippen LogP contribution >= 0.6 is 23.4 Å². The molecule has 2 amide bonds. The molecule has 0 aliphatic carbocycles. The van der Waals surface area contributed by atoms with Gasteiger partial charge in [0.15, 0.2) is 0 Å². The van der Waals surface area contributed by atoms with Crippen LogP contribution in [0.1, 0.15) is 51.9 Å². The molecular weight excluding hydrogens is 536 g/mol. The Hall–Kier alpha value is -2.29. The van der Waals surface area contributed by atoms with Gasteiger partial charge in [0.25, 0.3) is 5.91 Å². The lowest BCUT2D eigenvalue weighted by Gasteiger charge is -2.37. The monoisotopic (exact) mass is 574 g/mol. The minimum Gasteiger partial charge on any atom is -0.465 e. The molecule has 1 aromatic rings. The average molecular weight is 575 g/mol. The molecule has 3 aliphatic rings. The van der Waals surface area contributed by atoms with Crippen molar-refractivity contribution in [3.63, 3.8) is 0 Å². The first-order valence-electron chi connectivity index (χ1n) is 13.8. The van der Waals surface area contributed by atoms with E-state index in [-0.39, 0.29) is 37.5 Å². The van der Waals surface area contributed by atoms with Gasteiger partial charge in [-0.3, -0.25) is 14.4 Å². The number of ether oxygens (including phenoxy) is 1. The number of hydrogen-bond acceptors (Lipinski definition) is 6. The van der Waals surface area contributed by atoms with Crippen LogP contribution in [0.25, 0.3) is 0 Å². The van der Waals surface area contributed by atoms with E-state index in [0.29, 0.717) is 42.9 Å². The summed E-state index contributed by atoms with van der Waals surface area (Å²) in [4.78, 5) is 45.5. The van der Waals surface area contributed by atoms with Crippen molar-refractivity contribution >= 4 is 46.8 Å². The molecule has 3 fully saturated rings. The summed E-state index contributed by atoms with van der Waals surface area (Å²) in [6.45, 7) is 10.6. The standard InChI is InChI=1S/C30H39ClN2O5S/c1-4-6-20-38-28(37)24-23-26(35)33(18-11-7-8-12-19-34)25(30(23)16-15-29(24,3)39-30)27(36)32(17-5-2)22-14-10-9-13-21(22)31/h4-5,9-10,13-14,23-25,34H,1-2,6-8,11-12,15-20H2,3H3/t23-,24-,25?,29+,30?/m0/s1. The number of aliphatic hydroxyl groups excluding tert-OH is 1. The van der Waals surface area contributed by atoms with Crippen LogP contribution in [0, 0.1) is 11.8 Å². The summed E-state index contributed by atoms with van der Waals surface area (Å²) in [5, 5.41) is 9.60. The number of halogens is 1. The lowest BCUT2D eigenvalue weighted by Crippen LogP contribution is -2.55. The Morgan fingerprint density at radius 3 is 2.64 bits per heavy atom. The molecule has 0 saturated carbocycles. The zero-order chi connectivity index (χ0) is 28.2. The number of fused-ring (bicyclic) bond motifs is 1. The molecule has 3 saturated heterocycles. The quantitative estimate of drug-likeness (QED) is 0.191. The fourth-order valence-corrected chi connectivity index (χ4v) is 9.21. The van der Waals surface area contributed by atoms with E-state index in [2.05, 4.69) is 13.2 Å². The normalized spacial score (nSPS) is 28.8. The van der Waals surface area contributed by atoms with Crippen molar-refractivity contribution < 1.29 is 24.2 Å². The van der Waals surface area contributed by atoms with E-state index in [1.165, 1.54) is 0 Å². The number of benzene rings is 1. The number of aliphatic hydroxyl groups is 1. The summed E-state index contributed by atoms with van der Waals surface area (Å²) < 4.78 is 4.41. The number of para-hydroxylation sites is 1. The molecule has 1 N–H and O–H groups in total. The van der Waals surface area contributed by atoms with Gasteiger partial charge in [-0.1, -0.05) is 48.7 Å². The van der Waals surface area contributed by atoms with Crippen LogP contribution in [0.3, 0.4) is 0 Å². The summed E-state index contributed by atoms with van der Waals surface area (Å²) in [5.74, 6) is -1.95. The van der Waals surface area contributed by atoms with Gasteiger partial charge in [-0.25, -0.2) is 0 Å². The van der Waals surface area contributed by atoms with Gasteiger partial charge in [0.1, 0.15) is 6.04 Å². The smallest absolute Gasteiger partial charge is 0.311 e. The van der Waals surface area contributed by atoms with E-state index in [1.807, 2.05) is 19.1 Å².